The highest BCUT2D eigenvalue weighted by molar-refractivity contribution is 9.09. The minimum atomic E-state index is -0.926. The number of nitrogens with two attached hydrogens (primary N) is 3. The predicted molar refractivity (Wildman–Crippen MR) is 271 cm³/mol. The molecule has 0 saturated heterocycles. The fourth-order valence-corrected chi connectivity index (χ4v) is 7.13. The fraction of sp³-hybridized carbons (Fsp3) is 0.154. The molecular formula is C39H39Br4Cl3F4N6OS3. The molecule has 8 N–H and O–H groups in total. The van der Waals surface area contributed by atoms with Crippen molar-refractivity contribution in [2.24, 2.45) is 27.2 Å². The number of amidine groups is 2. The molecule has 0 heterocycles. The third kappa shape index (κ3) is 22.8. The van der Waals surface area contributed by atoms with Gasteiger partial charge in [-0.2, -0.15) is 0 Å². The molecule has 5 aromatic rings. The molecule has 0 radical (unpaired) electrons. The van der Waals surface area contributed by atoms with Gasteiger partial charge in [0.1, 0.15) is 0 Å². The van der Waals surface area contributed by atoms with E-state index in [0.717, 1.165) is 16.8 Å². The van der Waals surface area contributed by atoms with E-state index >= 15 is 0 Å². The van der Waals surface area contributed by atoms with Crippen LogP contribution in [0.25, 0.3) is 0 Å². The van der Waals surface area contributed by atoms with E-state index in [9.17, 15) is 17.6 Å². The molecule has 326 valence electrons. The Kier molecular flexibility index (Phi) is 30.6. The summed E-state index contributed by atoms with van der Waals surface area (Å²) in [7, 11) is 0. The molecule has 0 amide bonds. The quantitative estimate of drug-likeness (QED) is 0.0324. The SMILES string of the molecule is Br.Br.CCO.Fc1cc(CBr)c(CBr)cc1F.NC(=Nc1ccc(Cl)cc1)SCc1cc(F)c(F)cc1CSC(N)=Nc1ccc(Cl)cc1.NC(=S)Nc1ccc(Cl)cc1. The van der Waals surface area contributed by atoms with Crippen LogP contribution in [0.2, 0.25) is 15.1 Å². The minimum Gasteiger partial charge on any atom is -0.397 e. The highest BCUT2D eigenvalue weighted by Crippen LogP contribution is 2.27. The number of hydrogen-bond acceptors (Lipinski definition) is 6. The Balaban J connectivity index is 0.00000102. The van der Waals surface area contributed by atoms with E-state index in [2.05, 4.69) is 59.4 Å². The van der Waals surface area contributed by atoms with Crippen molar-refractivity contribution in [3.05, 3.63) is 158 Å². The van der Waals surface area contributed by atoms with Crippen molar-refractivity contribution in [3.8, 4) is 0 Å². The zero-order chi connectivity index (χ0) is 43.2. The van der Waals surface area contributed by atoms with Crippen LogP contribution in [0.5, 0.6) is 0 Å². The summed E-state index contributed by atoms with van der Waals surface area (Å²) >= 11 is 30.9. The van der Waals surface area contributed by atoms with Crippen molar-refractivity contribution in [3.63, 3.8) is 0 Å². The first-order valence-corrected chi connectivity index (χ1v) is 22.3. The Morgan fingerprint density at radius 2 is 0.900 bits per heavy atom. The third-order valence-corrected chi connectivity index (χ3v) is 10.5. The number of alkyl halides is 2. The summed E-state index contributed by atoms with van der Waals surface area (Å²) in [6, 6.07) is 25.7. The molecule has 5 aromatic carbocycles. The van der Waals surface area contributed by atoms with Crippen molar-refractivity contribution >= 4 is 169 Å². The van der Waals surface area contributed by atoms with Gasteiger partial charge in [-0.1, -0.05) is 90.2 Å². The Bertz CT molecular complexity index is 2010. The molecule has 0 atom stereocenters. The van der Waals surface area contributed by atoms with Crippen LogP contribution in [0.4, 0.5) is 34.6 Å². The molecule has 60 heavy (non-hydrogen) atoms. The average Bonchev–Trinajstić information content (AvgIpc) is 3.18. The minimum absolute atomic E-state index is 0. The van der Waals surface area contributed by atoms with Crippen LogP contribution in [0, 0.1) is 23.3 Å². The van der Waals surface area contributed by atoms with Gasteiger partial charge in [0.25, 0.3) is 0 Å². The second-order valence-corrected chi connectivity index (χ2v) is 15.9. The highest BCUT2D eigenvalue weighted by atomic mass is 79.9. The molecule has 0 spiro atoms. The van der Waals surface area contributed by atoms with E-state index in [1.807, 2.05) is 12.1 Å². The van der Waals surface area contributed by atoms with Gasteiger partial charge >= 0.3 is 0 Å². The summed E-state index contributed by atoms with van der Waals surface area (Å²) in [5, 5.41) is 14.1. The van der Waals surface area contributed by atoms with Gasteiger partial charge in [0, 0.05) is 49.5 Å². The van der Waals surface area contributed by atoms with E-state index in [1.165, 1.54) is 47.8 Å². The van der Waals surface area contributed by atoms with Gasteiger partial charge in [-0.05, 0) is 138 Å². The van der Waals surface area contributed by atoms with Gasteiger partial charge in [0.15, 0.2) is 38.7 Å². The maximum Gasteiger partial charge on any atom is 0.168 e. The average molecular weight is 1210 g/mol. The van der Waals surface area contributed by atoms with Gasteiger partial charge in [-0.15, -0.1) is 34.0 Å². The van der Waals surface area contributed by atoms with Crippen LogP contribution in [-0.4, -0.2) is 27.2 Å². The molecule has 0 unspecified atom stereocenters. The normalized spacial score (nSPS) is 10.6. The first-order chi connectivity index (χ1) is 27.6. The molecule has 0 aliphatic rings. The van der Waals surface area contributed by atoms with Crippen molar-refractivity contribution in [1.82, 2.24) is 0 Å². The van der Waals surface area contributed by atoms with Crippen molar-refractivity contribution in [1.29, 1.82) is 0 Å². The monoisotopic (exact) mass is 1200 g/mol. The topological polar surface area (TPSA) is 135 Å². The number of nitrogens with one attached hydrogen (secondary N) is 1. The summed E-state index contributed by atoms with van der Waals surface area (Å²) in [6.45, 7) is 1.93. The zero-order valence-electron chi connectivity index (χ0n) is 31.3. The van der Waals surface area contributed by atoms with E-state index in [-0.39, 0.29) is 45.7 Å². The van der Waals surface area contributed by atoms with Crippen LogP contribution < -0.4 is 22.5 Å². The van der Waals surface area contributed by atoms with Gasteiger partial charge in [0.2, 0.25) is 0 Å². The number of aliphatic hydroxyl groups excluding tert-OH is 1. The Hall–Kier alpha value is -2.10. The molecule has 21 heteroatoms. The van der Waals surface area contributed by atoms with Gasteiger partial charge in [-0.3, -0.25) is 0 Å². The number of benzene rings is 5. The lowest BCUT2D eigenvalue weighted by Crippen LogP contribution is -2.18. The lowest BCUT2D eigenvalue weighted by atomic mass is 10.1. The first kappa shape index (κ1) is 57.9. The Morgan fingerprint density at radius 1 is 0.617 bits per heavy atom. The molecule has 0 saturated carbocycles. The van der Waals surface area contributed by atoms with Crippen LogP contribution in [0.3, 0.4) is 0 Å². The molecule has 0 bridgehead atoms. The number of aliphatic hydroxyl groups is 1. The molecule has 0 aliphatic heterocycles. The van der Waals surface area contributed by atoms with Crippen molar-refractivity contribution in [2.75, 3.05) is 11.9 Å². The lowest BCUT2D eigenvalue weighted by molar-refractivity contribution is 0.318. The number of nitrogens with zero attached hydrogens (tertiary/aromatic N) is 2. The predicted octanol–water partition coefficient (Wildman–Crippen LogP) is 13.9. The number of halogens is 11. The summed E-state index contributed by atoms with van der Waals surface area (Å²) in [6.07, 6.45) is 0. The number of rotatable bonds is 9. The molecule has 0 aromatic heterocycles. The highest BCUT2D eigenvalue weighted by Gasteiger charge is 2.12. The summed E-state index contributed by atoms with van der Waals surface area (Å²) < 4.78 is 53.1. The third-order valence-electron chi connectivity index (χ3n) is 6.77. The van der Waals surface area contributed by atoms with Crippen LogP contribution >= 0.6 is 136 Å². The van der Waals surface area contributed by atoms with E-state index in [1.54, 1.807) is 67.6 Å². The summed E-state index contributed by atoms with van der Waals surface area (Å²) in [5.74, 6) is -2.83. The van der Waals surface area contributed by atoms with Crippen LogP contribution in [0.1, 0.15) is 29.2 Å². The standard InChI is InChI=1S/C22H18Cl2F2N4S2.C8H6Br2F2.C7H7ClN2S.C2H6O.2BrH/c23-15-1-5-17(6-2-15)29-21(27)31-11-13-9-19(25)20(26)10-14(13)12-32-22(28)30-18-7-3-16(24)4-8-18;9-3-5-1-7(11)8(12)2-6(5)4-10;8-5-1-3-6(4-2-5)10-7(9)11;1-2-3;;/h1-10H,11-12H2,(H2,27,29)(H2,28,30);1-2H,3-4H2;1-4H,(H3,9,10,11);3H,2H2,1H3;2*1H. The maximum absolute atomic E-state index is 13.9. The van der Waals surface area contributed by atoms with Gasteiger partial charge in [-0.25, -0.2) is 27.5 Å². The number of thiocarbonyl (C=S) groups is 1. The lowest BCUT2D eigenvalue weighted by Gasteiger charge is -2.10. The molecule has 7 nitrogen and oxygen atoms in total. The second-order valence-electron chi connectivity index (χ2n) is 11.1. The van der Waals surface area contributed by atoms with Crippen LogP contribution in [-0.2, 0) is 22.2 Å². The maximum atomic E-state index is 13.9. The molecular weight excluding hydrogens is 1170 g/mol. The Labute approximate surface area is 413 Å². The molecule has 5 rings (SSSR count). The number of anilines is 1. The number of aliphatic imine (C=N–C) groups is 2. The van der Waals surface area contributed by atoms with Gasteiger partial charge < -0.3 is 27.6 Å². The summed E-state index contributed by atoms with van der Waals surface area (Å²) in [4.78, 5) is 8.58. The van der Waals surface area contributed by atoms with Crippen molar-refractivity contribution in [2.45, 2.75) is 29.1 Å². The van der Waals surface area contributed by atoms with E-state index in [0.29, 0.717) is 70.1 Å². The van der Waals surface area contributed by atoms with Crippen LogP contribution in [0.15, 0.2) is 107 Å². The zero-order valence-corrected chi connectivity index (χ0v) is 42.6. The van der Waals surface area contributed by atoms with Gasteiger partial charge in [0.05, 0.1) is 11.4 Å². The second kappa shape index (κ2) is 31.7. The van der Waals surface area contributed by atoms with Crippen molar-refractivity contribution < 1.29 is 22.7 Å². The number of hydrogen-bond donors (Lipinski definition) is 5. The molecule has 0 fully saturated rings. The van der Waals surface area contributed by atoms with E-state index < -0.39 is 23.3 Å². The van der Waals surface area contributed by atoms with E-state index in [4.69, 9.17) is 57.1 Å². The molecule has 0 aliphatic carbocycles. The Morgan fingerprint density at radius 3 is 1.18 bits per heavy atom. The largest absolute Gasteiger partial charge is 0.397 e. The smallest absolute Gasteiger partial charge is 0.168 e. The number of thioether (sulfide) groups is 2. The fourth-order valence-electron chi connectivity index (χ4n) is 4.11. The summed E-state index contributed by atoms with van der Waals surface area (Å²) in [5.41, 5.74) is 22.1. The first-order valence-electron chi connectivity index (χ1n) is 16.5.